The van der Waals surface area contributed by atoms with Crippen LogP contribution in [0.2, 0.25) is 0 Å². The van der Waals surface area contributed by atoms with E-state index in [1.54, 1.807) is 6.20 Å². The van der Waals surface area contributed by atoms with Crippen molar-refractivity contribution in [3.8, 4) is 50.6 Å². The van der Waals surface area contributed by atoms with E-state index in [0.29, 0.717) is 0 Å². The largest absolute Gasteiger partial charge is 0.501 e. The van der Waals surface area contributed by atoms with Gasteiger partial charge in [0.25, 0.3) is 0 Å². The molecule has 0 saturated heterocycles. The van der Waals surface area contributed by atoms with Crippen molar-refractivity contribution in [3.63, 3.8) is 0 Å². The number of furan rings is 1. The van der Waals surface area contributed by atoms with Gasteiger partial charge >= 0.3 is 0 Å². The Balaban J connectivity index is 0.000000361. The molecule has 0 fully saturated rings. The summed E-state index contributed by atoms with van der Waals surface area (Å²) in [6.07, 6.45) is 1.79. The van der Waals surface area contributed by atoms with Gasteiger partial charge in [-0.1, -0.05) is 150 Å². The Morgan fingerprint density at radius 3 is 1.92 bits per heavy atom. The number of imidazole rings is 1. The van der Waals surface area contributed by atoms with Crippen LogP contribution in [0, 0.1) is 12.1 Å². The van der Waals surface area contributed by atoms with Crippen LogP contribution >= 0.6 is 0 Å². The van der Waals surface area contributed by atoms with E-state index < -0.39 is 0 Å². The Labute approximate surface area is 385 Å². The normalized spacial score (nSPS) is 11.6. The van der Waals surface area contributed by atoms with E-state index >= 15 is 0 Å². The van der Waals surface area contributed by atoms with Gasteiger partial charge in [-0.25, -0.2) is 0 Å². The second-order valence-corrected chi connectivity index (χ2v) is 17.7. The summed E-state index contributed by atoms with van der Waals surface area (Å²) in [6, 6.07) is 63.9. The number of hydrogen-bond acceptors (Lipinski definition) is 3. The molecule has 3 aromatic heterocycles. The predicted molar refractivity (Wildman–Crippen MR) is 259 cm³/mol. The molecule has 10 aromatic rings. The summed E-state index contributed by atoms with van der Waals surface area (Å²) in [5.41, 5.74) is 16.6. The summed E-state index contributed by atoms with van der Waals surface area (Å²) in [7, 11) is 0. The minimum atomic E-state index is 0. The Bertz CT molecular complexity index is 3070. The second kappa shape index (κ2) is 18.1. The molecule has 0 saturated carbocycles. The number of hydrogen-bond donors (Lipinski definition) is 0. The monoisotopic (exact) mass is 998 g/mol. The van der Waals surface area contributed by atoms with Crippen molar-refractivity contribution in [2.45, 2.75) is 65.7 Å². The molecule has 5 heteroatoms. The zero-order valence-corrected chi connectivity index (χ0v) is 39.3. The standard InChI is InChI=1S/C47H43N2O.C11H8N.Ir/c1-29(2)39-26-34(32-20-23-35(24-21-32)47(5,6)7)27-40(30(3)4)44(39)49-42-19-12-11-18-41(42)48-46(49)38-17-13-16-37-36-25-22-33(28-43(36)50-45(37)38)31-14-9-8-10-15-31;1-2-6-10(7-3-1)11-8-4-5-9-12-11;/h8-16,18-30H,1-7H3;1-6,8-9H;/q2*-1;. The number of pyridine rings is 1. The van der Waals surface area contributed by atoms with Gasteiger partial charge in [-0.3, -0.25) is 4.98 Å². The number of para-hydroxylation sites is 2. The maximum Gasteiger partial charge on any atom is 0.121 e. The molecule has 0 aliphatic rings. The van der Waals surface area contributed by atoms with Gasteiger partial charge in [-0.05, 0) is 98.3 Å². The zero-order valence-electron chi connectivity index (χ0n) is 36.9. The number of benzene rings is 7. The first-order chi connectivity index (χ1) is 30.0. The third-order valence-corrected chi connectivity index (χ3v) is 11.7. The van der Waals surface area contributed by atoms with E-state index in [9.17, 15) is 0 Å². The van der Waals surface area contributed by atoms with Crippen LogP contribution in [0.5, 0.6) is 0 Å². The average Bonchev–Trinajstić information content (AvgIpc) is 3.88. The minimum Gasteiger partial charge on any atom is -0.501 e. The molecular formula is C58H51IrN3O-2. The molecule has 0 unspecified atom stereocenters. The topological polar surface area (TPSA) is 43.9 Å². The first-order valence-electron chi connectivity index (χ1n) is 21.6. The fourth-order valence-corrected chi connectivity index (χ4v) is 8.36. The zero-order chi connectivity index (χ0) is 43.0. The third kappa shape index (κ3) is 8.69. The Morgan fingerprint density at radius 2 is 1.25 bits per heavy atom. The van der Waals surface area contributed by atoms with Gasteiger partial charge in [0.05, 0.1) is 22.4 Å². The average molecular weight is 998 g/mol. The summed E-state index contributed by atoms with van der Waals surface area (Å²) in [5, 5.41) is 2.15. The predicted octanol–water partition coefficient (Wildman–Crippen LogP) is 15.8. The van der Waals surface area contributed by atoms with E-state index in [2.05, 4.69) is 179 Å². The summed E-state index contributed by atoms with van der Waals surface area (Å²) < 4.78 is 9.14. The number of rotatable bonds is 7. The molecule has 315 valence electrons. The van der Waals surface area contributed by atoms with Crippen LogP contribution in [0.15, 0.2) is 174 Å². The van der Waals surface area contributed by atoms with Crippen LogP contribution < -0.4 is 0 Å². The Kier molecular flexibility index (Phi) is 12.5. The fraction of sp³-hybridized carbons (Fsp3) is 0.172. The van der Waals surface area contributed by atoms with Crippen LogP contribution in [0.1, 0.15) is 77.0 Å². The Morgan fingerprint density at radius 1 is 0.587 bits per heavy atom. The maximum atomic E-state index is 6.77. The van der Waals surface area contributed by atoms with Crippen molar-refractivity contribution in [1.29, 1.82) is 0 Å². The molecule has 1 radical (unpaired) electrons. The van der Waals surface area contributed by atoms with Gasteiger partial charge in [-0.15, -0.1) is 54.1 Å². The fourth-order valence-electron chi connectivity index (χ4n) is 8.36. The van der Waals surface area contributed by atoms with E-state index in [1.807, 2.05) is 54.6 Å². The number of fused-ring (bicyclic) bond motifs is 4. The molecule has 3 heterocycles. The van der Waals surface area contributed by atoms with Gasteiger partial charge in [-0.2, -0.15) is 0 Å². The van der Waals surface area contributed by atoms with E-state index in [-0.39, 0.29) is 37.4 Å². The van der Waals surface area contributed by atoms with E-state index in [0.717, 1.165) is 61.2 Å². The van der Waals surface area contributed by atoms with Gasteiger partial charge in [0.1, 0.15) is 5.58 Å². The van der Waals surface area contributed by atoms with Gasteiger partial charge in [0.2, 0.25) is 0 Å². The third-order valence-electron chi connectivity index (χ3n) is 11.7. The first-order valence-corrected chi connectivity index (χ1v) is 21.6. The van der Waals surface area contributed by atoms with Crippen molar-refractivity contribution >= 4 is 33.0 Å². The van der Waals surface area contributed by atoms with Gasteiger partial charge in [0.15, 0.2) is 0 Å². The molecule has 0 N–H and O–H groups in total. The smallest absolute Gasteiger partial charge is 0.121 e. The molecule has 10 rings (SSSR count). The van der Waals surface area contributed by atoms with Crippen LogP contribution in [-0.2, 0) is 25.5 Å². The molecule has 0 atom stereocenters. The van der Waals surface area contributed by atoms with Crippen LogP contribution in [0.25, 0.3) is 83.6 Å². The summed E-state index contributed by atoms with van der Waals surface area (Å²) in [4.78, 5) is 9.55. The minimum absolute atomic E-state index is 0. The number of nitrogens with zero attached hydrogens (tertiary/aromatic N) is 3. The first kappa shape index (κ1) is 43.3. The van der Waals surface area contributed by atoms with Crippen LogP contribution in [-0.4, -0.2) is 14.5 Å². The molecule has 0 amide bonds. The molecular weight excluding hydrogens is 947 g/mol. The molecule has 0 aliphatic carbocycles. The SMILES string of the molecule is CC(C)c1cc(-c2ccc(C(C)(C)C)cc2)cc(C(C)C)c1-n1c(-c2[c-]ccc3c2oc2cc(-c4ccccc4)ccc23)nc2ccccc21.[Ir].[c-]1ccccc1-c1ccccn1. The van der Waals surface area contributed by atoms with Crippen molar-refractivity contribution < 1.29 is 24.5 Å². The van der Waals surface area contributed by atoms with Crippen LogP contribution in [0.3, 0.4) is 0 Å². The molecule has 7 aromatic carbocycles. The van der Waals surface area contributed by atoms with Crippen molar-refractivity contribution in [2.75, 3.05) is 0 Å². The second-order valence-electron chi connectivity index (χ2n) is 17.7. The van der Waals surface area contributed by atoms with Crippen molar-refractivity contribution in [2.24, 2.45) is 0 Å². The molecule has 0 spiro atoms. The van der Waals surface area contributed by atoms with Gasteiger partial charge in [0, 0.05) is 37.4 Å². The van der Waals surface area contributed by atoms with Gasteiger partial charge < -0.3 is 14.0 Å². The quantitative estimate of drug-likeness (QED) is 0.149. The van der Waals surface area contributed by atoms with E-state index in [4.69, 9.17) is 9.40 Å². The summed E-state index contributed by atoms with van der Waals surface area (Å²) in [5.74, 6) is 1.38. The number of aromatic nitrogens is 3. The molecule has 0 aliphatic heterocycles. The molecule has 4 nitrogen and oxygen atoms in total. The van der Waals surface area contributed by atoms with Crippen molar-refractivity contribution in [1.82, 2.24) is 14.5 Å². The van der Waals surface area contributed by atoms with E-state index in [1.165, 1.54) is 39.1 Å². The maximum absolute atomic E-state index is 6.77. The van der Waals surface area contributed by atoms with Crippen LogP contribution in [0.4, 0.5) is 0 Å². The van der Waals surface area contributed by atoms with Crippen molar-refractivity contribution in [3.05, 3.63) is 199 Å². The summed E-state index contributed by atoms with van der Waals surface area (Å²) >= 11 is 0. The Hall–Kier alpha value is -6.39. The molecule has 63 heavy (non-hydrogen) atoms. The summed E-state index contributed by atoms with van der Waals surface area (Å²) in [6.45, 7) is 16.0. The molecule has 0 bridgehead atoms.